The number of hydrogen-bond acceptors (Lipinski definition) is 0. The lowest BCUT2D eigenvalue weighted by Gasteiger charge is -2.06. The monoisotopic (exact) mass is 338 g/mol. The van der Waals surface area contributed by atoms with Gasteiger partial charge in [-0.05, 0) is 6.42 Å². The first kappa shape index (κ1) is 16.0. The van der Waals surface area contributed by atoms with Crippen LogP contribution in [0.25, 0.3) is 0 Å². The Morgan fingerprint density at radius 2 is 1.60 bits per heavy atom. The molecule has 0 saturated heterocycles. The fraction of sp³-hybridized carbons (Fsp3) is 1.00. The van der Waals surface area contributed by atoms with E-state index in [0.717, 1.165) is 5.54 Å². The van der Waals surface area contributed by atoms with Gasteiger partial charge in [0.15, 0.2) is 0 Å². The number of hydrogen-bond donors (Lipinski definition) is 0. The summed E-state index contributed by atoms with van der Waals surface area (Å²) in [5, 5.41) is 0. The van der Waals surface area contributed by atoms with Crippen LogP contribution in [-0.4, -0.2) is 10.4 Å². The van der Waals surface area contributed by atoms with Gasteiger partial charge in [0.25, 0.3) is 0 Å². The van der Waals surface area contributed by atoms with E-state index in [1.165, 1.54) is 57.6 Å². The highest BCUT2D eigenvalue weighted by molar-refractivity contribution is 9.24. The smallest absolute Gasteiger partial charge is 0.157 e. The predicted octanol–water partition coefficient (Wildman–Crippen LogP) is 5.91. The fourth-order valence-electron chi connectivity index (χ4n) is 1.73. The van der Waals surface area contributed by atoms with E-state index in [1.807, 2.05) is 0 Å². The van der Waals surface area contributed by atoms with Gasteiger partial charge < -0.3 is 0 Å². The molecular formula is C12H25BBr2. The van der Waals surface area contributed by atoms with Gasteiger partial charge in [0.1, 0.15) is 0 Å². The average Bonchev–Trinajstić information content (AvgIpc) is 2.19. The summed E-state index contributed by atoms with van der Waals surface area (Å²) in [4.78, 5) is 0.691. The molecule has 0 nitrogen and oxygen atoms in total. The van der Waals surface area contributed by atoms with E-state index < -0.39 is 0 Å². The van der Waals surface area contributed by atoms with Gasteiger partial charge in [-0.25, -0.2) is 0 Å². The van der Waals surface area contributed by atoms with E-state index in [4.69, 9.17) is 0 Å². The third-order valence-corrected chi connectivity index (χ3v) is 4.11. The van der Waals surface area contributed by atoms with Crippen molar-refractivity contribution in [3.8, 4) is 0 Å². The minimum atomic E-state index is 0.691. The van der Waals surface area contributed by atoms with Gasteiger partial charge in [0, 0.05) is 4.83 Å². The molecule has 0 saturated carbocycles. The largest absolute Gasteiger partial charge is 0.222 e. The van der Waals surface area contributed by atoms with Crippen LogP contribution in [0, 0.1) is 0 Å². The summed E-state index contributed by atoms with van der Waals surface area (Å²) in [6.07, 6.45) is 12.3. The zero-order chi connectivity index (χ0) is 11.5. The van der Waals surface area contributed by atoms with Crippen molar-refractivity contribution in [2.24, 2.45) is 0 Å². The molecule has 0 aromatic heterocycles. The molecule has 0 bridgehead atoms. The van der Waals surface area contributed by atoms with Gasteiger partial charge in [-0.1, -0.05) is 80.9 Å². The Morgan fingerprint density at radius 3 is 2.13 bits per heavy atom. The molecule has 0 spiro atoms. The minimum absolute atomic E-state index is 0.691. The van der Waals surface area contributed by atoms with E-state index in [1.54, 1.807) is 0 Å². The lowest BCUT2D eigenvalue weighted by atomic mass is 9.67. The molecule has 0 aliphatic carbocycles. The van der Waals surface area contributed by atoms with E-state index in [-0.39, 0.29) is 0 Å². The molecule has 90 valence electrons. The van der Waals surface area contributed by atoms with Crippen molar-refractivity contribution in [3.63, 3.8) is 0 Å². The highest BCUT2D eigenvalue weighted by Gasteiger charge is 2.08. The first-order valence-corrected chi connectivity index (χ1v) is 8.28. The van der Waals surface area contributed by atoms with Gasteiger partial charge in [0.2, 0.25) is 5.54 Å². The number of rotatable bonds is 10. The topological polar surface area (TPSA) is 0 Å². The Labute approximate surface area is 113 Å². The molecule has 0 aromatic rings. The molecule has 0 heterocycles. The molecule has 15 heavy (non-hydrogen) atoms. The quantitative estimate of drug-likeness (QED) is 0.264. The van der Waals surface area contributed by atoms with Gasteiger partial charge in [-0.3, -0.25) is 0 Å². The first-order valence-electron chi connectivity index (χ1n) is 6.45. The number of unbranched alkanes of at least 4 members (excludes halogenated alkanes) is 4. The van der Waals surface area contributed by atoms with Gasteiger partial charge in [0.05, 0.1) is 0 Å². The van der Waals surface area contributed by atoms with Crippen molar-refractivity contribution < 1.29 is 0 Å². The van der Waals surface area contributed by atoms with E-state index in [9.17, 15) is 0 Å². The second-order valence-corrected chi connectivity index (χ2v) is 7.37. The Balaban J connectivity index is 3.15. The molecule has 0 aliphatic rings. The molecule has 0 aliphatic heterocycles. The molecular weight excluding hydrogens is 315 g/mol. The van der Waals surface area contributed by atoms with Crippen LogP contribution in [-0.2, 0) is 0 Å². The summed E-state index contributed by atoms with van der Waals surface area (Å²) in [5.74, 6) is 0. The SMILES string of the molecule is CCCCCCB(Br)CCCCC(C)Br. The predicted molar refractivity (Wildman–Crippen MR) is 80.7 cm³/mol. The number of halogens is 2. The molecule has 0 radical (unpaired) electrons. The fourth-order valence-corrected chi connectivity index (χ4v) is 2.70. The van der Waals surface area contributed by atoms with Gasteiger partial charge in [-0.15, -0.1) is 0 Å². The summed E-state index contributed by atoms with van der Waals surface area (Å²) in [6, 6.07) is 0. The summed E-state index contributed by atoms with van der Waals surface area (Å²) in [6.45, 7) is 4.50. The molecule has 0 amide bonds. The Kier molecular flexibility index (Phi) is 12.3. The van der Waals surface area contributed by atoms with Crippen LogP contribution in [0.5, 0.6) is 0 Å². The second kappa shape index (κ2) is 11.5. The van der Waals surface area contributed by atoms with Crippen molar-refractivity contribution >= 4 is 37.2 Å². The summed E-state index contributed by atoms with van der Waals surface area (Å²) >= 11 is 7.37. The van der Waals surface area contributed by atoms with E-state index in [2.05, 4.69) is 45.5 Å². The third kappa shape index (κ3) is 13.0. The zero-order valence-corrected chi connectivity index (χ0v) is 13.4. The maximum atomic E-state index is 3.79. The van der Waals surface area contributed by atoms with Crippen molar-refractivity contribution in [1.29, 1.82) is 0 Å². The van der Waals surface area contributed by atoms with Crippen molar-refractivity contribution in [2.45, 2.75) is 76.3 Å². The van der Waals surface area contributed by atoms with Crippen LogP contribution >= 0.6 is 31.7 Å². The third-order valence-electron chi connectivity index (χ3n) is 2.74. The van der Waals surface area contributed by atoms with Crippen molar-refractivity contribution in [2.75, 3.05) is 0 Å². The highest BCUT2D eigenvalue weighted by atomic mass is 79.9. The highest BCUT2D eigenvalue weighted by Crippen LogP contribution is 2.18. The molecule has 0 rings (SSSR count). The zero-order valence-electron chi connectivity index (χ0n) is 10.3. The average molecular weight is 340 g/mol. The maximum Gasteiger partial charge on any atom is 0.222 e. The lowest BCUT2D eigenvalue weighted by molar-refractivity contribution is 0.694. The van der Waals surface area contributed by atoms with Crippen LogP contribution in [0.4, 0.5) is 0 Å². The van der Waals surface area contributed by atoms with Crippen molar-refractivity contribution in [1.82, 2.24) is 0 Å². The minimum Gasteiger partial charge on any atom is -0.157 e. The Hall–Kier alpha value is 1.02. The molecule has 1 unspecified atom stereocenters. The normalized spacial score (nSPS) is 12.8. The van der Waals surface area contributed by atoms with E-state index in [0.29, 0.717) is 4.83 Å². The Morgan fingerprint density at radius 1 is 1.00 bits per heavy atom. The maximum absolute atomic E-state index is 3.79. The van der Waals surface area contributed by atoms with Crippen LogP contribution < -0.4 is 0 Å². The number of alkyl halides is 1. The first-order chi connectivity index (χ1) is 7.16. The molecule has 1 atom stereocenters. The van der Waals surface area contributed by atoms with Crippen LogP contribution in [0.3, 0.4) is 0 Å². The van der Waals surface area contributed by atoms with Crippen LogP contribution in [0.1, 0.15) is 58.8 Å². The molecule has 3 heteroatoms. The van der Waals surface area contributed by atoms with Gasteiger partial charge >= 0.3 is 0 Å². The summed E-state index contributed by atoms with van der Waals surface area (Å²) in [7, 11) is 0. The van der Waals surface area contributed by atoms with Gasteiger partial charge in [-0.2, -0.15) is 15.8 Å². The Bertz CT molecular complexity index is 129. The second-order valence-electron chi connectivity index (χ2n) is 4.51. The molecule has 0 aromatic carbocycles. The summed E-state index contributed by atoms with van der Waals surface area (Å²) < 4.78 is 0. The molecule has 0 fully saturated rings. The van der Waals surface area contributed by atoms with E-state index >= 15 is 0 Å². The van der Waals surface area contributed by atoms with Crippen LogP contribution in [0.2, 0.25) is 12.6 Å². The standard InChI is InChI=1S/C12H25BBr2/c1-3-4-5-7-10-13(15)11-8-6-9-12(2)14/h12H,3-11H2,1-2H3. The molecule has 0 N–H and O–H groups in total. The lowest BCUT2D eigenvalue weighted by Crippen LogP contribution is -2.02. The van der Waals surface area contributed by atoms with Crippen molar-refractivity contribution in [3.05, 3.63) is 0 Å². The van der Waals surface area contributed by atoms with Crippen LogP contribution in [0.15, 0.2) is 0 Å². The summed E-state index contributed by atoms with van der Waals surface area (Å²) in [5.41, 5.74) is 0.764.